The van der Waals surface area contributed by atoms with Crippen molar-refractivity contribution in [2.75, 3.05) is 29.6 Å². The molecule has 27 heavy (non-hydrogen) atoms. The summed E-state index contributed by atoms with van der Waals surface area (Å²) in [4.78, 5) is 35.2. The predicted octanol–water partition coefficient (Wildman–Crippen LogP) is 3.12. The van der Waals surface area contributed by atoms with E-state index < -0.39 is 5.97 Å². The van der Waals surface area contributed by atoms with Crippen LogP contribution < -0.4 is 16.0 Å². The van der Waals surface area contributed by atoms with Gasteiger partial charge in [-0.15, -0.1) is 0 Å². The fourth-order valence-electron chi connectivity index (χ4n) is 2.19. The van der Waals surface area contributed by atoms with Gasteiger partial charge in [-0.3, -0.25) is 9.59 Å². The van der Waals surface area contributed by atoms with E-state index in [4.69, 9.17) is 0 Å². The molecular weight excluding hydrogens is 346 g/mol. The number of carbonyl (C=O) groups is 3. The van der Waals surface area contributed by atoms with Crippen LogP contribution in [0.1, 0.15) is 24.2 Å². The van der Waals surface area contributed by atoms with E-state index in [1.165, 1.54) is 7.11 Å². The zero-order valence-electron chi connectivity index (χ0n) is 15.5. The van der Waals surface area contributed by atoms with Gasteiger partial charge in [0.25, 0.3) is 0 Å². The van der Waals surface area contributed by atoms with Crippen molar-refractivity contribution in [3.05, 3.63) is 54.1 Å². The minimum absolute atomic E-state index is 0.0559. The van der Waals surface area contributed by atoms with Crippen molar-refractivity contribution in [1.29, 1.82) is 0 Å². The van der Waals surface area contributed by atoms with Gasteiger partial charge < -0.3 is 20.7 Å². The maximum absolute atomic E-state index is 12.1. The first-order chi connectivity index (χ1) is 12.9. The Morgan fingerprint density at radius 2 is 1.59 bits per heavy atom. The number of ether oxygens (including phenoxy) is 1. The van der Waals surface area contributed by atoms with Crippen LogP contribution in [0.3, 0.4) is 0 Å². The number of amides is 2. The normalized spacial score (nSPS) is 10.2. The second kappa shape index (κ2) is 9.38. The second-order valence-corrected chi connectivity index (χ2v) is 6.20. The van der Waals surface area contributed by atoms with E-state index in [0.29, 0.717) is 22.6 Å². The number of methoxy groups -OCH3 is 1. The number of esters is 1. The van der Waals surface area contributed by atoms with Crippen molar-refractivity contribution in [3.8, 4) is 0 Å². The van der Waals surface area contributed by atoms with Crippen LogP contribution in [0, 0.1) is 5.92 Å². The van der Waals surface area contributed by atoms with Gasteiger partial charge in [0.05, 0.1) is 19.2 Å². The first-order valence-corrected chi connectivity index (χ1v) is 8.52. The fraction of sp³-hybridized carbons (Fsp3) is 0.250. The summed E-state index contributed by atoms with van der Waals surface area (Å²) in [6.07, 6.45) is 0. The molecule has 7 heteroatoms. The van der Waals surface area contributed by atoms with Crippen LogP contribution in [-0.2, 0) is 14.3 Å². The molecule has 0 fully saturated rings. The molecule has 0 saturated heterocycles. The van der Waals surface area contributed by atoms with E-state index in [-0.39, 0.29) is 24.3 Å². The van der Waals surface area contributed by atoms with E-state index in [2.05, 4.69) is 20.7 Å². The number of nitrogens with one attached hydrogen (secondary N) is 3. The molecular formula is C20H23N3O4. The molecule has 0 saturated carbocycles. The first kappa shape index (κ1) is 20.0. The van der Waals surface area contributed by atoms with Gasteiger partial charge in [0.1, 0.15) is 0 Å². The zero-order chi connectivity index (χ0) is 19.8. The monoisotopic (exact) mass is 369 g/mol. The lowest BCUT2D eigenvalue weighted by molar-refractivity contribution is -0.119. The third-order valence-electron chi connectivity index (χ3n) is 3.70. The molecule has 0 aromatic heterocycles. The Balaban J connectivity index is 1.88. The molecule has 0 aliphatic heterocycles. The average molecular weight is 369 g/mol. The van der Waals surface area contributed by atoms with Gasteiger partial charge in [-0.1, -0.05) is 19.9 Å². The van der Waals surface area contributed by atoms with Crippen molar-refractivity contribution < 1.29 is 19.1 Å². The van der Waals surface area contributed by atoms with Gasteiger partial charge in [-0.25, -0.2) is 4.79 Å². The first-order valence-electron chi connectivity index (χ1n) is 8.52. The molecule has 2 amide bonds. The Morgan fingerprint density at radius 3 is 2.22 bits per heavy atom. The molecule has 2 aromatic carbocycles. The van der Waals surface area contributed by atoms with E-state index in [1.807, 2.05) is 19.9 Å². The molecule has 0 spiro atoms. The third-order valence-corrected chi connectivity index (χ3v) is 3.70. The van der Waals surface area contributed by atoms with Crippen LogP contribution >= 0.6 is 0 Å². The fourth-order valence-corrected chi connectivity index (χ4v) is 2.19. The second-order valence-electron chi connectivity index (χ2n) is 6.20. The van der Waals surface area contributed by atoms with Crippen LogP contribution in [0.15, 0.2) is 48.5 Å². The molecule has 7 nitrogen and oxygen atoms in total. The van der Waals surface area contributed by atoms with Crippen LogP contribution in [0.4, 0.5) is 17.1 Å². The summed E-state index contributed by atoms with van der Waals surface area (Å²) in [6.45, 7) is 3.69. The molecule has 0 atom stereocenters. The number of benzene rings is 2. The van der Waals surface area contributed by atoms with Crippen molar-refractivity contribution in [1.82, 2.24) is 0 Å². The summed E-state index contributed by atoms with van der Waals surface area (Å²) in [5.41, 5.74) is 2.37. The van der Waals surface area contributed by atoms with Crippen molar-refractivity contribution in [2.45, 2.75) is 13.8 Å². The van der Waals surface area contributed by atoms with Crippen molar-refractivity contribution >= 4 is 34.8 Å². The molecule has 2 rings (SSSR count). The highest BCUT2D eigenvalue weighted by molar-refractivity contribution is 5.95. The lowest BCUT2D eigenvalue weighted by Crippen LogP contribution is -2.22. The molecule has 3 N–H and O–H groups in total. The summed E-state index contributed by atoms with van der Waals surface area (Å²) in [7, 11) is 1.31. The highest BCUT2D eigenvalue weighted by Crippen LogP contribution is 2.16. The molecule has 142 valence electrons. The maximum Gasteiger partial charge on any atom is 0.337 e. The quantitative estimate of drug-likeness (QED) is 0.652. The summed E-state index contributed by atoms with van der Waals surface area (Å²) >= 11 is 0. The number of hydrogen-bond acceptors (Lipinski definition) is 5. The van der Waals surface area contributed by atoms with Crippen LogP contribution in [0.5, 0.6) is 0 Å². The SMILES string of the molecule is COC(=O)c1ccc(NC(=O)CNc2cccc(NC(=O)C(C)C)c2)cc1. The zero-order valence-corrected chi connectivity index (χ0v) is 15.5. The van der Waals surface area contributed by atoms with E-state index in [0.717, 1.165) is 0 Å². The van der Waals surface area contributed by atoms with E-state index in [9.17, 15) is 14.4 Å². The number of hydrogen-bond donors (Lipinski definition) is 3. The maximum atomic E-state index is 12.1. The van der Waals surface area contributed by atoms with Gasteiger partial charge in [0, 0.05) is 23.0 Å². The van der Waals surface area contributed by atoms with Crippen LogP contribution in [-0.4, -0.2) is 31.4 Å². The predicted molar refractivity (Wildman–Crippen MR) is 105 cm³/mol. The van der Waals surface area contributed by atoms with Crippen LogP contribution in [0.2, 0.25) is 0 Å². The summed E-state index contributed by atoms with van der Waals surface area (Å²) in [5, 5.41) is 8.55. The Bertz CT molecular complexity index is 816. The van der Waals surface area contributed by atoms with Gasteiger partial charge in [-0.05, 0) is 42.5 Å². The Kier molecular flexibility index (Phi) is 6.93. The highest BCUT2D eigenvalue weighted by atomic mass is 16.5. The molecule has 0 aliphatic rings. The lowest BCUT2D eigenvalue weighted by Gasteiger charge is -2.11. The standard InChI is InChI=1S/C20H23N3O4/c1-13(2)19(25)23-17-6-4-5-16(11-17)21-12-18(24)22-15-9-7-14(8-10-15)20(26)27-3/h4-11,13,21H,12H2,1-3H3,(H,22,24)(H,23,25). The molecule has 0 unspecified atom stereocenters. The highest BCUT2D eigenvalue weighted by Gasteiger charge is 2.08. The van der Waals surface area contributed by atoms with Gasteiger partial charge in [0.15, 0.2) is 0 Å². The van der Waals surface area contributed by atoms with E-state index >= 15 is 0 Å². The Labute approximate surface area is 158 Å². The largest absolute Gasteiger partial charge is 0.465 e. The number of rotatable bonds is 7. The molecule has 0 heterocycles. The number of carbonyl (C=O) groups excluding carboxylic acids is 3. The molecule has 0 radical (unpaired) electrons. The summed E-state index contributed by atoms with van der Waals surface area (Å²) in [5.74, 6) is -0.852. The molecule has 0 aliphatic carbocycles. The summed E-state index contributed by atoms with van der Waals surface area (Å²) < 4.78 is 4.63. The smallest absolute Gasteiger partial charge is 0.337 e. The van der Waals surface area contributed by atoms with Gasteiger partial charge in [0.2, 0.25) is 11.8 Å². The van der Waals surface area contributed by atoms with Gasteiger partial charge >= 0.3 is 5.97 Å². The number of anilines is 3. The average Bonchev–Trinajstić information content (AvgIpc) is 2.66. The lowest BCUT2D eigenvalue weighted by atomic mass is 10.2. The van der Waals surface area contributed by atoms with Gasteiger partial charge in [-0.2, -0.15) is 0 Å². The minimum atomic E-state index is -0.431. The molecule has 2 aromatic rings. The van der Waals surface area contributed by atoms with Crippen molar-refractivity contribution in [3.63, 3.8) is 0 Å². The topological polar surface area (TPSA) is 96.5 Å². The third kappa shape index (κ3) is 6.14. The Hall–Kier alpha value is -3.35. The van der Waals surface area contributed by atoms with E-state index in [1.54, 1.807) is 42.5 Å². The Morgan fingerprint density at radius 1 is 0.926 bits per heavy atom. The minimum Gasteiger partial charge on any atom is -0.465 e. The van der Waals surface area contributed by atoms with Crippen LogP contribution in [0.25, 0.3) is 0 Å². The summed E-state index contributed by atoms with van der Waals surface area (Å²) in [6, 6.07) is 13.6. The molecule has 0 bridgehead atoms. The van der Waals surface area contributed by atoms with Crippen molar-refractivity contribution in [2.24, 2.45) is 5.92 Å².